The minimum absolute atomic E-state index is 0.0660. The Balaban J connectivity index is 1.48. The summed E-state index contributed by atoms with van der Waals surface area (Å²) in [5.74, 6) is -1.95. The Morgan fingerprint density at radius 3 is 2.03 bits per heavy atom. The third kappa shape index (κ3) is 5.33. The summed E-state index contributed by atoms with van der Waals surface area (Å²) in [5.41, 5.74) is 3.46. The van der Waals surface area contributed by atoms with Gasteiger partial charge >= 0.3 is 12.1 Å². The van der Waals surface area contributed by atoms with Crippen LogP contribution in [-0.4, -0.2) is 46.4 Å². The number of aliphatic carboxylic acids is 1. The number of phenols is 1. The molecule has 8 heteroatoms. The van der Waals surface area contributed by atoms with E-state index in [-0.39, 0.29) is 24.7 Å². The third-order valence-corrected chi connectivity index (χ3v) is 6.30. The number of alkyl carbamates (subject to hydrolysis) is 1. The number of ether oxygens (including phenoxy) is 1. The van der Waals surface area contributed by atoms with Crippen LogP contribution in [0.25, 0.3) is 11.1 Å². The minimum atomic E-state index is -1.53. The fourth-order valence-electron chi connectivity index (χ4n) is 4.31. The highest BCUT2D eigenvalue weighted by atomic mass is 16.5. The average molecular weight is 489 g/mol. The molecule has 0 aliphatic heterocycles. The first-order chi connectivity index (χ1) is 17.2. The van der Waals surface area contributed by atoms with E-state index in [1.54, 1.807) is 12.1 Å². The summed E-state index contributed by atoms with van der Waals surface area (Å²) < 4.78 is 5.57. The number of aromatic hydroxyl groups is 1. The summed E-state index contributed by atoms with van der Waals surface area (Å²) in [6, 6.07) is 21.0. The van der Waals surface area contributed by atoms with Crippen molar-refractivity contribution in [3.05, 3.63) is 89.5 Å². The van der Waals surface area contributed by atoms with Crippen molar-refractivity contribution in [3.8, 4) is 16.9 Å². The van der Waals surface area contributed by atoms with Crippen LogP contribution >= 0.6 is 0 Å². The Morgan fingerprint density at radius 1 is 0.917 bits per heavy atom. The zero-order valence-electron chi connectivity index (χ0n) is 20.0. The molecule has 36 heavy (non-hydrogen) atoms. The molecule has 1 aliphatic carbocycles. The maximum atomic E-state index is 13.0. The van der Waals surface area contributed by atoms with E-state index < -0.39 is 29.6 Å². The Bertz CT molecular complexity index is 1240. The summed E-state index contributed by atoms with van der Waals surface area (Å²) >= 11 is 0. The highest BCUT2D eigenvalue weighted by Gasteiger charge is 2.33. The van der Waals surface area contributed by atoms with Crippen LogP contribution in [0.1, 0.15) is 36.5 Å². The summed E-state index contributed by atoms with van der Waals surface area (Å²) in [6.07, 6.45) is -0.713. The molecule has 3 aromatic rings. The molecule has 0 unspecified atom stereocenters. The van der Waals surface area contributed by atoms with Crippen LogP contribution in [0.15, 0.2) is 72.8 Å². The van der Waals surface area contributed by atoms with Crippen molar-refractivity contribution in [2.45, 2.75) is 37.8 Å². The third-order valence-electron chi connectivity index (χ3n) is 6.30. The molecular weight excluding hydrogens is 460 g/mol. The molecule has 2 amide bonds. The number of nitrogens with one attached hydrogen (secondary N) is 2. The van der Waals surface area contributed by atoms with Crippen LogP contribution in [0.4, 0.5) is 4.79 Å². The van der Waals surface area contributed by atoms with Gasteiger partial charge in [-0.25, -0.2) is 9.59 Å². The number of benzene rings is 3. The number of carboxylic acid groups (broad SMARTS) is 1. The van der Waals surface area contributed by atoms with Crippen molar-refractivity contribution in [3.63, 3.8) is 0 Å². The zero-order chi connectivity index (χ0) is 25.9. The van der Waals surface area contributed by atoms with Gasteiger partial charge < -0.3 is 25.6 Å². The lowest BCUT2D eigenvalue weighted by Gasteiger charge is -2.25. The van der Waals surface area contributed by atoms with Gasteiger partial charge in [0.05, 0.1) is 0 Å². The van der Waals surface area contributed by atoms with Gasteiger partial charge in [-0.1, -0.05) is 60.7 Å². The minimum Gasteiger partial charge on any atom is -0.508 e. The Hall–Kier alpha value is -4.33. The van der Waals surface area contributed by atoms with E-state index in [1.807, 2.05) is 48.5 Å². The molecule has 0 aromatic heterocycles. The van der Waals surface area contributed by atoms with Crippen LogP contribution in [0.3, 0.4) is 0 Å². The molecule has 3 aromatic carbocycles. The van der Waals surface area contributed by atoms with Crippen LogP contribution in [-0.2, 0) is 20.7 Å². The highest BCUT2D eigenvalue weighted by Crippen LogP contribution is 2.44. The normalized spacial score (nSPS) is 13.3. The molecule has 0 heterocycles. The number of amides is 2. The number of rotatable bonds is 8. The molecule has 8 nitrogen and oxygen atoms in total. The molecular formula is C28H28N2O6. The molecule has 0 saturated heterocycles. The molecule has 0 fully saturated rings. The molecule has 4 N–H and O–H groups in total. The van der Waals surface area contributed by atoms with E-state index in [4.69, 9.17) is 4.74 Å². The monoisotopic (exact) mass is 488 g/mol. The fraction of sp³-hybridized carbons (Fsp3) is 0.250. The second-order valence-corrected chi connectivity index (χ2v) is 9.31. The number of phenolic OH excluding ortho intramolecular Hbond substituents is 1. The molecule has 1 atom stereocenters. The van der Waals surface area contributed by atoms with Crippen molar-refractivity contribution < 1.29 is 29.3 Å². The number of hydrogen-bond acceptors (Lipinski definition) is 5. The van der Waals surface area contributed by atoms with Gasteiger partial charge in [-0.2, -0.15) is 0 Å². The van der Waals surface area contributed by atoms with Gasteiger partial charge in [-0.15, -0.1) is 0 Å². The summed E-state index contributed by atoms with van der Waals surface area (Å²) in [6.45, 7) is 2.80. The molecule has 0 saturated carbocycles. The number of hydrogen-bond donors (Lipinski definition) is 4. The summed E-state index contributed by atoms with van der Waals surface area (Å²) in [5, 5.41) is 24.0. The van der Waals surface area contributed by atoms with Gasteiger partial charge in [-0.05, 0) is 53.8 Å². The van der Waals surface area contributed by atoms with Crippen LogP contribution in [0.2, 0.25) is 0 Å². The number of fused-ring (bicyclic) bond motifs is 3. The molecule has 0 radical (unpaired) electrons. The number of carbonyl (C=O) groups excluding carboxylic acids is 2. The van der Waals surface area contributed by atoms with Crippen LogP contribution in [0.5, 0.6) is 5.75 Å². The van der Waals surface area contributed by atoms with Crippen molar-refractivity contribution in [2.24, 2.45) is 0 Å². The topological polar surface area (TPSA) is 125 Å². The van der Waals surface area contributed by atoms with Gasteiger partial charge in [0.25, 0.3) is 0 Å². The molecule has 4 rings (SSSR count). The van der Waals surface area contributed by atoms with E-state index in [2.05, 4.69) is 10.6 Å². The first kappa shape index (κ1) is 24.8. The van der Waals surface area contributed by atoms with Gasteiger partial charge in [0.15, 0.2) is 0 Å². The first-order valence-corrected chi connectivity index (χ1v) is 11.6. The van der Waals surface area contributed by atoms with E-state index in [9.17, 15) is 24.6 Å². The van der Waals surface area contributed by atoms with E-state index in [0.29, 0.717) is 5.56 Å². The standard InChI is InChI=1S/C28H28N2O6/c1-28(2,26(33)34)30-25(32)24(15-17-11-13-18(31)14-12-17)29-27(35)36-16-23-21-9-5-3-7-19(21)20-8-4-6-10-22(20)23/h3-14,23-24,31H,15-16H2,1-2H3,(H,29,35)(H,30,32)(H,33,34)/t24-/m0/s1. The van der Waals surface area contributed by atoms with Gasteiger partial charge in [0.1, 0.15) is 23.9 Å². The largest absolute Gasteiger partial charge is 0.508 e. The summed E-state index contributed by atoms with van der Waals surface area (Å²) in [7, 11) is 0. The second kappa shape index (κ2) is 10.1. The van der Waals surface area contributed by atoms with E-state index >= 15 is 0 Å². The zero-order valence-corrected chi connectivity index (χ0v) is 20.0. The van der Waals surface area contributed by atoms with Crippen molar-refractivity contribution >= 4 is 18.0 Å². The molecule has 0 spiro atoms. The van der Waals surface area contributed by atoms with Crippen LogP contribution in [0, 0.1) is 0 Å². The average Bonchev–Trinajstić information content (AvgIpc) is 3.17. The van der Waals surface area contributed by atoms with Gasteiger partial charge in [-0.3, -0.25) is 4.79 Å². The smallest absolute Gasteiger partial charge is 0.407 e. The van der Waals surface area contributed by atoms with Crippen molar-refractivity contribution in [1.82, 2.24) is 10.6 Å². The predicted molar refractivity (Wildman–Crippen MR) is 134 cm³/mol. The Labute approximate surface area is 208 Å². The SMILES string of the molecule is CC(C)(NC(=O)[C@H](Cc1ccc(O)cc1)NC(=O)OCC1c2ccccc2-c2ccccc21)C(=O)O. The molecule has 0 bridgehead atoms. The molecule has 1 aliphatic rings. The lowest BCUT2D eigenvalue weighted by Crippen LogP contribution is -2.57. The maximum absolute atomic E-state index is 13.0. The van der Waals surface area contributed by atoms with Gasteiger partial charge in [0, 0.05) is 12.3 Å². The van der Waals surface area contributed by atoms with Crippen molar-refractivity contribution in [1.29, 1.82) is 0 Å². The Morgan fingerprint density at radius 2 is 1.47 bits per heavy atom. The van der Waals surface area contributed by atoms with Crippen molar-refractivity contribution in [2.75, 3.05) is 6.61 Å². The quantitative estimate of drug-likeness (QED) is 0.382. The second-order valence-electron chi connectivity index (χ2n) is 9.31. The summed E-state index contributed by atoms with van der Waals surface area (Å²) in [4.78, 5) is 37.3. The number of carboxylic acids is 1. The Kier molecular flexibility index (Phi) is 6.96. The lowest BCUT2D eigenvalue weighted by molar-refractivity contribution is -0.146. The fourth-order valence-corrected chi connectivity index (χ4v) is 4.31. The number of carbonyl (C=O) groups is 3. The predicted octanol–water partition coefficient (Wildman–Crippen LogP) is 3.82. The van der Waals surface area contributed by atoms with E-state index in [0.717, 1.165) is 22.3 Å². The molecule has 186 valence electrons. The van der Waals surface area contributed by atoms with Crippen LogP contribution < -0.4 is 10.6 Å². The van der Waals surface area contributed by atoms with Gasteiger partial charge in [0.2, 0.25) is 5.91 Å². The first-order valence-electron chi connectivity index (χ1n) is 11.6. The van der Waals surface area contributed by atoms with E-state index in [1.165, 1.54) is 26.0 Å². The maximum Gasteiger partial charge on any atom is 0.407 e. The highest BCUT2D eigenvalue weighted by molar-refractivity contribution is 5.91. The lowest BCUT2D eigenvalue weighted by atomic mass is 9.98.